The standard InChI is InChI=1S/C7H13NO2/c1-2-3-4-10-7(9)6-5-8-6/h6,8H,2-5H2,1H3/t6-/m0/s1. The maximum absolute atomic E-state index is 10.8. The predicted octanol–water partition coefficient (Wildman–Crippen LogP) is 0.301. The van der Waals surface area contributed by atoms with Crippen LogP contribution in [-0.4, -0.2) is 25.2 Å². The number of carbonyl (C=O) groups excluding carboxylic acids is 1. The van der Waals surface area contributed by atoms with Crippen molar-refractivity contribution in [3.63, 3.8) is 0 Å². The van der Waals surface area contributed by atoms with Gasteiger partial charge in [0.25, 0.3) is 0 Å². The molecule has 0 aliphatic carbocycles. The second-order valence-corrected chi connectivity index (χ2v) is 2.48. The summed E-state index contributed by atoms with van der Waals surface area (Å²) < 4.78 is 4.90. The van der Waals surface area contributed by atoms with Crippen LogP contribution in [0, 0.1) is 0 Å². The van der Waals surface area contributed by atoms with Crippen LogP contribution >= 0.6 is 0 Å². The van der Waals surface area contributed by atoms with E-state index < -0.39 is 0 Å². The second kappa shape index (κ2) is 3.56. The van der Waals surface area contributed by atoms with Crippen molar-refractivity contribution in [2.24, 2.45) is 0 Å². The third-order valence-corrected chi connectivity index (χ3v) is 1.43. The van der Waals surface area contributed by atoms with Gasteiger partial charge in [-0.1, -0.05) is 13.3 Å². The van der Waals surface area contributed by atoms with Gasteiger partial charge in [0, 0.05) is 6.54 Å². The van der Waals surface area contributed by atoms with Gasteiger partial charge < -0.3 is 10.1 Å². The van der Waals surface area contributed by atoms with E-state index in [0.717, 1.165) is 19.4 Å². The van der Waals surface area contributed by atoms with Crippen LogP contribution in [0.15, 0.2) is 0 Å². The Morgan fingerprint density at radius 2 is 2.50 bits per heavy atom. The lowest BCUT2D eigenvalue weighted by molar-refractivity contribution is -0.143. The zero-order chi connectivity index (χ0) is 7.40. The van der Waals surface area contributed by atoms with E-state index in [1.807, 2.05) is 0 Å². The molecule has 0 aromatic heterocycles. The minimum atomic E-state index is -0.0894. The van der Waals surface area contributed by atoms with Gasteiger partial charge in [-0.05, 0) is 6.42 Å². The molecule has 0 spiro atoms. The molecule has 58 valence electrons. The summed E-state index contributed by atoms with van der Waals surface area (Å²) >= 11 is 0. The van der Waals surface area contributed by atoms with E-state index in [0.29, 0.717) is 6.61 Å². The fraction of sp³-hybridized carbons (Fsp3) is 0.857. The summed E-state index contributed by atoms with van der Waals surface area (Å²) in [6, 6.07) is 0.0110. The number of rotatable bonds is 4. The highest BCUT2D eigenvalue weighted by atomic mass is 16.5. The number of carbonyl (C=O) groups is 1. The van der Waals surface area contributed by atoms with E-state index in [2.05, 4.69) is 12.2 Å². The molecule has 1 rings (SSSR count). The number of ether oxygens (including phenoxy) is 1. The van der Waals surface area contributed by atoms with Crippen LogP contribution < -0.4 is 5.32 Å². The largest absolute Gasteiger partial charge is 0.464 e. The molecule has 10 heavy (non-hydrogen) atoms. The summed E-state index contributed by atoms with van der Waals surface area (Å²) in [5, 5.41) is 2.89. The highest BCUT2D eigenvalue weighted by Crippen LogP contribution is 2.00. The van der Waals surface area contributed by atoms with Gasteiger partial charge in [0.2, 0.25) is 0 Å². The molecular weight excluding hydrogens is 130 g/mol. The Morgan fingerprint density at radius 3 is 3.00 bits per heavy atom. The van der Waals surface area contributed by atoms with Gasteiger partial charge in [0.15, 0.2) is 0 Å². The lowest BCUT2D eigenvalue weighted by Gasteiger charge is -1.99. The summed E-state index contributed by atoms with van der Waals surface area (Å²) in [5.74, 6) is -0.0894. The van der Waals surface area contributed by atoms with E-state index in [1.54, 1.807) is 0 Å². The number of unbranched alkanes of at least 4 members (excludes halogenated alkanes) is 1. The normalized spacial score (nSPS) is 22.3. The van der Waals surface area contributed by atoms with Crippen molar-refractivity contribution in [2.45, 2.75) is 25.8 Å². The molecule has 1 aliphatic rings. The minimum absolute atomic E-state index is 0.0110. The lowest BCUT2D eigenvalue weighted by Crippen LogP contribution is -2.14. The molecule has 0 aromatic rings. The maximum atomic E-state index is 10.8. The maximum Gasteiger partial charge on any atom is 0.324 e. The van der Waals surface area contributed by atoms with Crippen LogP contribution in [0.3, 0.4) is 0 Å². The molecule has 1 heterocycles. The number of hydrogen-bond donors (Lipinski definition) is 1. The molecule has 3 heteroatoms. The van der Waals surface area contributed by atoms with E-state index >= 15 is 0 Å². The molecule has 1 atom stereocenters. The van der Waals surface area contributed by atoms with Gasteiger partial charge in [0.05, 0.1) is 6.61 Å². The summed E-state index contributed by atoms with van der Waals surface area (Å²) in [6.45, 7) is 3.45. The van der Waals surface area contributed by atoms with E-state index in [1.165, 1.54) is 0 Å². The fourth-order valence-electron chi connectivity index (χ4n) is 0.643. The monoisotopic (exact) mass is 143 g/mol. The Kier molecular flexibility index (Phi) is 2.68. The Balaban J connectivity index is 1.95. The summed E-state index contributed by atoms with van der Waals surface area (Å²) in [7, 11) is 0. The first-order valence-electron chi connectivity index (χ1n) is 3.74. The lowest BCUT2D eigenvalue weighted by atomic mass is 10.4. The van der Waals surface area contributed by atoms with Crippen LogP contribution in [0.1, 0.15) is 19.8 Å². The number of hydrogen-bond acceptors (Lipinski definition) is 3. The molecule has 0 saturated carbocycles. The smallest absolute Gasteiger partial charge is 0.324 e. The van der Waals surface area contributed by atoms with Crippen molar-refractivity contribution >= 4 is 5.97 Å². The molecule has 1 fully saturated rings. The van der Waals surface area contributed by atoms with Gasteiger partial charge in [-0.2, -0.15) is 0 Å². The van der Waals surface area contributed by atoms with Gasteiger partial charge in [0.1, 0.15) is 6.04 Å². The highest BCUT2D eigenvalue weighted by Gasteiger charge is 2.29. The summed E-state index contributed by atoms with van der Waals surface area (Å²) in [5.41, 5.74) is 0. The van der Waals surface area contributed by atoms with Crippen molar-refractivity contribution in [1.82, 2.24) is 5.32 Å². The predicted molar refractivity (Wildman–Crippen MR) is 37.7 cm³/mol. The second-order valence-electron chi connectivity index (χ2n) is 2.48. The Bertz CT molecular complexity index is 121. The van der Waals surface area contributed by atoms with E-state index in [-0.39, 0.29) is 12.0 Å². The molecule has 0 unspecified atom stereocenters. The zero-order valence-corrected chi connectivity index (χ0v) is 6.22. The molecule has 0 radical (unpaired) electrons. The van der Waals surface area contributed by atoms with Crippen LogP contribution in [-0.2, 0) is 9.53 Å². The minimum Gasteiger partial charge on any atom is -0.464 e. The van der Waals surface area contributed by atoms with Crippen molar-refractivity contribution in [3.05, 3.63) is 0 Å². The van der Waals surface area contributed by atoms with E-state index in [9.17, 15) is 4.79 Å². The van der Waals surface area contributed by atoms with Crippen LogP contribution in [0.5, 0.6) is 0 Å². The Labute approximate surface area is 60.7 Å². The highest BCUT2D eigenvalue weighted by molar-refractivity contribution is 5.78. The Morgan fingerprint density at radius 1 is 1.80 bits per heavy atom. The first-order chi connectivity index (χ1) is 4.84. The molecule has 0 bridgehead atoms. The average molecular weight is 143 g/mol. The Hall–Kier alpha value is -0.570. The molecule has 1 N–H and O–H groups in total. The quantitative estimate of drug-likeness (QED) is 0.350. The van der Waals surface area contributed by atoms with Crippen LogP contribution in [0.25, 0.3) is 0 Å². The number of nitrogens with one attached hydrogen (secondary N) is 1. The fourth-order valence-corrected chi connectivity index (χ4v) is 0.643. The SMILES string of the molecule is CCCCOC(=O)[C@@H]1CN1. The van der Waals surface area contributed by atoms with Crippen molar-refractivity contribution < 1.29 is 9.53 Å². The molecule has 1 saturated heterocycles. The number of esters is 1. The molecular formula is C7H13NO2. The van der Waals surface area contributed by atoms with E-state index in [4.69, 9.17) is 4.74 Å². The van der Waals surface area contributed by atoms with Crippen LogP contribution in [0.4, 0.5) is 0 Å². The van der Waals surface area contributed by atoms with Gasteiger partial charge in [-0.25, -0.2) is 0 Å². The third-order valence-electron chi connectivity index (χ3n) is 1.43. The van der Waals surface area contributed by atoms with Crippen molar-refractivity contribution in [1.29, 1.82) is 0 Å². The van der Waals surface area contributed by atoms with Crippen molar-refractivity contribution in [2.75, 3.05) is 13.2 Å². The van der Waals surface area contributed by atoms with Gasteiger partial charge in [-0.15, -0.1) is 0 Å². The van der Waals surface area contributed by atoms with Crippen molar-refractivity contribution in [3.8, 4) is 0 Å². The molecule has 0 amide bonds. The van der Waals surface area contributed by atoms with Gasteiger partial charge in [-0.3, -0.25) is 4.79 Å². The van der Waals surface area contributed by atoms with Gasteiger partial charge >= 0.3 is 5.97 Å². The molecule has 1 aliphatic heterocycles. The molecule has 0 aromatic carbocycles. The summed E-state index contributed by atoms with van der Waals surface area (Å²) in [4.78, 5) is 10.8. The third kappa shape index (κ3) is 2.35. The first-order valence-corrected chi connectivity index (χ1v) is 3.74. The zero-order valence-electron chi connectivity index (χ0n) is 6.22. The molecule has 3 nitrogen and oxygen atoms in total. The van der Waals surface area contributed by atoms with Crippen LogP contribution in [0.2, 0.25) is 0 Å². The average Bonchev–Trinajstić information content (AvgIpc) is 2.69. The first kappa shape index (κ1) is 7.54. The topological polar surface area (TPSA) is 48.2 Å². The summed E-state index contributed by atoms with van der Waals surface area (Å²) in [6.07, 6.45) is 2.05.